The van der Waals surface area contributed by atoms with Crippen LogP contribution in [0.5, 0.6) is 0 Å². The Labute approximate surface area is 225 Å². The molecule has 7 aromatic rings. The van der Waals surface area contributed by atoms with Crippen LogP contribution in [0.25, 0.3) is 67.8 Å². The van der Waals surface area contributed by atoms with E-state index in [1.807, 2.05) is 97.1 Å². The maximum absolute atomic E-state index is 5.98. The Hall–Kier alpha value is -5.42. The van der Waals surface area contributed by atoms with E-state index in [1.54, 1.807) is 0 Å². The molecule has 39 heavy (non-hydrogen) atoms. The van der Waals surface area contributed by atoms with Crippen molar-refractivity contribution in [2.75, 3.05) is 0 Å². The van der Waals surface area contributed by atoms with Gasteiger partial charge in [-0.3, -0.25) is 0 Å². The quantitative estimate of drug-likeness (QED) is 0.237. The van der Waals surface area contributed by atoms with Crippen molar-refractivity contribution >= 4 is 11.1 Å². The normalized spacial score (nSPS) is 11.1. The molecule has 0 atom stereocenters. The topological polar surface area (TPSA) is 64.7 Å². The van der Waals surface area contributed by atoms with Gasteiger partial charge in [0.15, 0.2) is 23.1 Å². The van der Waals surface area contributed by atoms with Gasteiger partial charge in [-0.2, -0.15) is 0 Å². The van der Waals surface area contributed by atoms with Gasteiger partial charge in [-0.15, -0.1) is 0 Å². The van der Waals surface area contributed by atoms with Crippen LogP contribution in [-0.2, 0) is 0 Å². The molecule has 0 bridgehead atoms. The number of benzene rings is 5. The third-order valence-electron chi connectivity index (χ3n) is 6.58. The molecule has 0 unspecified atom stereocenters. The van der Waals surface area contributed by atoms with E-state index in [-0.39, 0.29) is 0 Å². The SMILES string of the molecule is c1ccc(-c2nc(-c3ccccc3)nc(-c3ccc(-c4ccc5oc(-c6ccccc6)nc5c4)cc3)n2)cc1. The fourth-order valence-electron chi connectivity index (χ4n) is 4.56. The van der Waals surface area contributed by atoms with Gasteiger partial charge in [-0.05, 0) is 35.4 Å². The lowest BCUT2D eigenvalue weighted by atomic mass is 10.0. The van der Waals surface area contributed by atoms with Crippen LogP contribution < -0.4 is 0 Å². The fraction of sp³-hybridized carbons (Fsp3) is 0. The van der Waals surface area contributed by atoms with Crippen molar-refractivity contribution in [2.24, 2.45) is 0 Å². The van der Waals surface area contributed by atoms with Crippen LogP contribution in [0.15, 0.2) is 138 Å². The van der Waals surface area contributed by atoms with Gasteiger partial charge in [0.25, 0.3) is 0 Å². The number of hydrogen-bond donors (Lipinski definition) is 0. The van der Waals surface area contributed by atoms with Crippen molar-refractivity contribution in [2.45, 2.75) is 0 Å². The van der Waals surface area contributed by atoms with E-state index in [2.05, 4.69) is 36.4 Å². The first-order valence-corrected chi connectivity index (χ1v) is 12.7. The largest absolute Gasteiger partial charge is 0.436 e. The second-order valence-corrected chi connectivity index (χ2v) is 9.18. The first kappa shape index (κ1) is 22.8. The van der Waals surface area contributed by atoms with Crippen molar-refractivity contribution in [3.05, 3.63) is 133 Å². The lowest BCUT2D eigenvalue weighted by Crippen LogP contribution is -2.00. The molecule has 0 radical (unpaired) electrons. The summed E-state index contributed by atoms with van der Waals surface area (Å²) >= 11 is 0. The Morgan fingerprint density at radius 3 is 1.33 bits per heavy atom. The van der Waals surface area contributed by atoms with E-state index in [4.69, 9.17) is 24.4 Å². The maximum Gasteiger partial charge on any atom is 0.227 e. The van der Waals surface area contributed by atoms with E-state index in [0.717, 1.165) is 44.5 Å². The lowest BCUT2D eigenvalue weighted by Gasteiger charge is -2.09. The minimum atomic E-state index is 0.622. The smallest absolute Gasteiger partial charge is 0.227 e. The summed E-state index contributed by atoms with van der Waals surface area (Å²) < 4.78 is 5.98. The highest BCUT2D eigenvalue weighted by Crippen LogP contribution is 2.30. The Balaban J connectivity index is 1.25. The Morgan fingerprint density at radius 2 is 0.795 bits per heavy atom. The molecule has 0 saturated carbocycles. The first-order chi connectivity index (χ1) is 19.3. The number of oxazole rings is 1. The Kier molecular flexibility index (Phi) is 5.72. The van der Waals surface area contributed by atoms with Crippen molar-refractivity contribution in [3.63, 3.8) is 0 Å². The van der Waals surface area contributed by atoms with Crippen LogP contribution in [-0.4, -0.2) is 19.9 Å². The highest BCUT2D eigenvalue weighted by molar-refractivity contribution is 5.83. The molecule has 0 spiro atoms. The summed E-state index contributed by atoms with van der Waals surface area (Å²) in [6, 6.07) is 44.3. The van der Waals surface area contributed by atoms with E-state index in [1.165, 1.54) is 0 Å². The van der Waals surface area contributed by atoms with Crippen molar-refractivity contribution in [1.82, 2.24) is 19.9 Å². The molecule has 5 heteroatoms. The Morgan fingerprint density at radius 1 is 0.359 bits per heavy atom. The predicted octanol–water partition coefficient (Wildman–Crippen LogP) is 8.35. The van der Waals surface area contributed by atoms with E-state index in [0.29, 0.717) is 23.4 Å². The van der Waals surface area contributed by atoms with Crippen LogP contribution in [0.2, 0.25) is 0 Å². The molecule has 0 fully saturated rings. The summed E-state index contributed by atoms with van der Waals surface area (Å²) in [5, 5.41) is 0. The highest BCUT2D eigenvalue weighted by atomic mass is 16.3. The van der Waals surface area contributed by atoms with Crippen molar-refractivity contribution in [1.29, 1.82) is 0 Å². The fourth-order valence-corrected chi connectivity index (χ4v) is 4.56. The zero-order chi connectivity index (χ0) is 26.0. The van der Waals surface area contributed by atoms with Gasteiger partial charge in [0, 0.05) is 22.3 Å². The summed E-state index contributed by atoms with van der Waals surface area (Å²) in [5.41, 5.74) is 7.51. The molecule has 2 heterocycles. The molecule has 0 saturated heterocycles. The van der Waals surface area contributed by atoms with Gasteiger partial charge in [-0.1, -0.05) is 109 Å². The summed E-state index contributed by atoms with van der Waals surface area (Å²) in [7, 11) is 0. The number of aromatic nitrogens is 4. The highest BCUT2D eigenvalue weighted by Gasteiger charge is 2.13. The van der Waals surface area contributed by atoms with E-state index >= 15 is 0 Å². The van der Waals surface area contributed by atoms with Crippen LogP contribution in [0.4, 0.5) is 0 Å². The van der Waals surface area contributed by atoms with Gasteiger partial charge in [0.1, 0.15) is 5.52 Å². The molecule has 184 valence electrons. The molecule has 0 aliphatic heterocycles. The van der Waals surface area contributed by atoms with Gasteiger partial charge in [-0.25, -0.2) is 19.9 Å². The number of rotatable bonds is 5. The van der Waals surface area contributed by atoms with E-state index in [9.17, 15) is 0 Å². The molecule has 0 aliphatic carbocycles. The standard InChI is InChI=1S/C34H22N4O/c1-4-10-24(11-5-1)31-36-32(25-12-6-2-7-13-25)38-33(37-31)26-18-16-23(17-19-26)28-20-21-30-29(22-28)35-34(39-30)27-14-8-3-9-15-27/h1-22H. The second kappa shape index (κ2) is 9.80. The van der Waals surface area contributed by atoms with Crippen molar-refractivity contribution < 1.29 is 4.42 Å². The molecular formula is C34H22N4O. The average Bonchev–Trinajstić information content (AvgIpc) is 3.46. The summed E-state index contributed by atoms with van der Waals surface area (Å²) in [6.45, 7) is 0. The van der Waals surface area contributed by atoms with Gasteiger partial charge in [0.05, 0.1) is 0 Å². The summed E-state index contributed by atoms with van der Waals surface area (Å²) in [6.07, 6.45) is 0. The number of fused-ring (bicyclic) bond motifs is 1. The molecule has 0 aliphatic rings. The number of nitrogens with zero attached hydrogens (tertiary/aromatic N) is 4. The lowest BCUT2D eigenvalue weighted by molar-refractivity contribution is 0.620. The summed E-state index contributed by atoms with van der Waals surface area (Å²) in [5.74, 6) is 2.55. The minimum absolute atomic E-state index is 0.622. The molecular weight excluding hydrogens is 480 g/mol. The van der Waals surface area contributed by atoms with Crippen LogP contribution >= 0.6 is 0 Å². The van der Waals surface area contributed by atoms with Gasteiger partial charge in [0.2, 0.25) is 5.89 Å². The van der Waals surface area contributed by atoms with E-state index < -0.39 is 0 Å². The maximum atomic E-state index is 5.98. The van der Waals surface area contributed by atoms with Crippen LogP contribution in [0, 0.1) is 0 Å². The average molecular weight is 503 g/mol. The monoisotopic (exact) mass is 502 g/mol. The third-order valence-corrected chi connectivity index (χ3v) is 6.58. The molecule has 0 N–H and O–H groups in total. The summed E-state index contributed by atoms with van der Waals surface area (Å²) in [4.78, 5) is 19.2. The van der Waals surface area contributed by atoms with Gasteiger partial charge < -0.3 is 4.42 Å². The molecule has 5 nitrogen and oxygen atoms in total. The first-order valence-electron chi connectivity index (χ1n) is 12.7. The van der Waals surface area contributed by atoms with Crippen LogP contribution in [0.3, 0.4) is 0 Å². The molecule has 2 aromatic heterocycles. The number of hydrogen-bond acceptors (Lipinski definition) is 5. The molecule has 0 amide bonds. The molecule has 7 rings (SSSR count). The Bertz CT molecular complexity index is 1820. The third kappa shape index (κ3) is 4.58. The van der Waals surface area contributed by atoms with Crippen molar-refractivity contribution in [3.8, 4) is 56.7 Å². The second-order valence-electron chi connectivity index (χ2n) is 9.18. The van der Waals surface area contributed by atoms with Crippen LogP contribution in [0.1, 0.15) is 0 Å². The zero-order valence-electron chi connectivity index (χ0n) is 20.9. The van der Waals surface area contributed by atoms with Gasteiger partial charge >= 0.3 is 0 Å². The minimum Gasteiger partial charge on any atom is -0.436 e. The predicted molar refractivity (Wildman–Crippen MR) is 155 cm³/mol. The zero-order valence-corrected chi connectivity index (χ0v) is 20.9. The molecule has 5 aromatic carbocycles.